The Labute approximate surface area is 124 Å². The molecule has 0 spiro atoms. The van der Waals surface area contributed by atoms with E-state index in [1.807, 2.05) is 19.3 Å². The first-order valence-corrected chi connectivity index (χ1v) is 7.37. The lowest BCUT2D eigenvalue weighted by Gasteiger charge is -2.16. The van der Waals surface area contributed by atoms with Gasteiger partial charge in [0, 0.05) is 25.1 Å². The van der Waals surface area contributed by atoms with Crippen molar-refractivity contribution in [3.63, 3.8) is 0 Å². The van der Waals surface area contributed by atoms with Crippen LogP contribution in [0.2, 0.25) is 0 Å². The molecule has 0 saturated carbocycles. The first-order valence-electron chi connectivity index (χ1n) is 7.37. The molecule has 110 valence electrons. The number of rotatable bonds is 5. The molecule has 0 saturated heterocycles. The predicted octanol–water partition coefficient (Wildman–Crippen LogP) is 3.37. The largest absolute Gasteiger partial charge is 0.469 e. The van der Waals surface area contributed by atoms with E-state index in [0.29, 0.717) is 0 Å². The van der Waals surface area contributed by atoms with Gasteiger partial charge < -0.3 is 14.3 Å². The van der Waals surface area contributed by atoms with Crippen LogP contribution in [0.3, 0.4) is 0 Å². The second-order valence-electron chi connectivity index (χ2n) is 5.38. The summed E-state index contributed by atoms with van der Waals surface area (Å²) in [5.74, 6) is 2.03. The van der Waals surface area contributed by atoms with Crippen molar-refractivity contribution in [1.82, 2.24) is 14.9 Å². The summed E-state index contributed by atoms with van der Waals surface area (Å²) >= 11 is 0. The molecule has 1 unspecified atom stereocenters. The topological polar surface area (TPSA) is 43.0 Å². The van der Waals surface area contributed by atoms with E-state index >= 15 is 0 Å². The first kappa shape index (κ1) is 13.9. The molecule has 2 heterocycles. The SMILES string of the molecule is CCNC(Cc1nc2ccccc2n1C)c1coc(C)c1. The Kier molecular flexibility index (Phi) is 3.80. The number of likely N-dealkylation sites (N-methyl/N-ethyl adjacent to an activating group) is 1. The number of hydrogen-bond donors (Lipinski definition) is 1. The van der Waals surface area contributed by atoms with Crippen molar-refractivity contribution in [2.24, 2.45) is 7.05 Å². The summed E-state index contributed by atoms with van der Waals surface area (Å²) in [6.07, 6.45) is 2.68. The van der Waals surface area contributed by atoms with Gasteiger partial charge in [-0.25, -0.2) is 4.98 Å². The number of benzene rings is 1. The van der Waals surface area contributed by atoms with Gasteiger partial charge in [-0.1, -0.05) is 19.1 Å². The smallest absolute Gasteiger partial charge is 0.111 e. The van der Waals surface area contributed by atoms with Crippen LogP contribution in [0, 0.1) is 6.92 Å². The summed E-state index contributed by atoms with van der Waals surface area (Å²) in [6, 6.07) is 10.6. The van der Waals surface area contributed by atoms with Gasteiger partial charge in [0.05, 0.1) is 17.3 Å². The number of hydrogen-bond acceptors (Lipinski definition) is 3. The average Bonchev–Trinajstić information content (AvgIpc) is 3.04. The van der Waals surface area contributed by atoms with Crippen LogP contribution in [0.1, 0.15) is 30.1 Å². The molecule has 2 aromatic heterocycles. The lowest BCUT2D eigenvalue weighted by atomic mass is 10.1. The van der Waals surface area contributed by atoms with E-state index in [2.05, 4.69) is 48.1 Å². The zero-order valence-corrected chi connectivity index (χ0v) is 12.8. The molecule has 0 fully saturated rings. The Hall–Kier alpha value is -2.07. The van der Waals surface area contributed by atoms with Gasteiger partial charge in [0.15, 0.2) is 0 Å². The fourth-order valence-electron chi connectivity index (χ4n) is 2.76. The Balaban J connectivity index is 1.92. The molecule has 0 amide bonds. The molecule has 1 atom stereocenters. The van der Waals surface area contributed by atoms with Crippen LogP contribution in [0.15, 0.2) is 41.0 Å². The highest BCUT2D eigenvalue weighted by Crippen LogP contribution is 2.22. The number of aromatic nitrogens is 2. The summed E-state index contributed by atoms with van der Waals surface area (Å²) in [5.41, 5.74) is 3.40. The molecular weight excluding hydrogens is 262 g/mol. The summed E-state index contributed by atoms with van der Waals surface area (Å²) in [5, 5.41) is 3.52. The van der Waals surface area contributed by atoms with Crippen LogP contribution in [-0.4, -0.2) is 16.1 Å². The van der Waals surface area contributed by atoms with Gasteiger partial charge in [0.1, 0.15) is 11.6 Å². The minimum atomic E-state index is 0.225. The highest BCUT2D eigenvalue weighted by Gasteiger charge is 2.17. The number of imidazole rings is 1. The Morgan fingerprint density at radius 2 is 2.14 bits per heavy atom. The second kappa shape index (κ2) is 5.74. The summed E-state index contributed by atoms with van der Waals surface area (Å²) in [7, 11) is 2.08. The third kappa shape index (κ3) is 2.72. The Bertz CT molecular complexity index is 741. The van der Waals surface area contributed by atoms with Gasteiger partial charge in [-0.05, 0) is 31.7 Å². The standard InChI is InChI=1S/C17H21N3O/c1-4-18-15(13-9-12(2)21-11-13)10-17-19-14-7-5-6-8-16(14)20(17)3/h5-9,11,15,18H,4,10H2,1-3H3. The van der Waals surface area contributed by atoms with Crippen LogP contribution in [-0.2, 0) is 13.5 Å². The predicted molar refractivity (Wildman–Crippen MR) is 84.3 cm³/mol. The highest BCUT2D eigenvalue weighted by molar-refractivity contribution is 5.75. The van der Waals surface area contributed by atoms with Gasteiger partial charge in [-0.15, -0.1) is 0 Å². The van der Waals surface area contributed by atoms with E-state index in [0.717, 1.165) is 30.1 Å². The van der Waals surface area contributed by atoms with Crippen molar-refractivity contribution in [2.75, 3.05) is 6.54 Å². The molecule has 1 N–H and O–H groups in total. The summed E-state index contributed by atoms with van der Waals surface area (Å²) in [4.78, 5) is 4.76. The molecule has 0 aliphatic heterocycles. The van der Waals surface area contributed by atoms with E-state index in [1.165, 1.54) is 11.1 Å². The molecule has 0 aliphatic carbocycles. The van der Waals surface area contributed by atoms with Crippen molar-refractivity contribution in [3.05, 3.63) is 53.7 Å². The second-order valence-corrected chi connectivity index (χ2v) is 5.38. The number of nitrogens with one attached hydrogen (secondary N) is 1. The van der Waals surface area contributed by atoms with Crippen molar-refractivity contribution < 1.29 is 4.42 Å². The fourth-order valence-corrected chi connectivity index (χ4v) is 2.76. The van der Waals surface area contributed by atoms with Gasteiger partial charge in [0.25, 0.3) is 0 Å². The molecule has 0 aliphatic rings. The summed E-state index contributed by atoms with van der Waals surface area (Å²) < 4.78 is 7.62. The number of furan rings is 1. The zero-order valence-electron chi connectivity index (χ0n) is 12.8. The van der Waals surface area contributed by atoms with Crippen molar-refractivity contribution in [2.45, 2.75) is 26.3 Å². The molecule has 3 rings (SSSR count). The van der Waals surface area contributed by atoms with Gasteiger partial charge in [-0.3, -0.25) is 0 Å². The quantitative estimate of drug-likeness (QED) is 0.780. The molecule has 4 heteroatoms. The molecule has 3 aromatic rings. The number of para-hydroxylation sites is 2. The van der Waals surface area contributed by atoms with Crippen LogP contribution < -0.4 is 5.32 Å². The van der Waals surface area contributed by atoms with E-state index in [1.54, 1.807) is 0 Å². The van der Waals surface area contributed by atoms with E-state index < -0.39 is 0 Å². The third-order valence-electron chi connectivity index (χ3n) is 3.87. The maximum absolute atomic E-state index is 5.45. The number of aryl methyl sites for hydroxylation is 2. The van der Waals surface area contributed by atoms with Crippen LogP contribution in [0.4, 0.5) is 0 Å². The number of nitrogens with zero attached hydrogens (tertiary/aromatic N) is 2. The number of fused-ring (bicyclic) bond motifs is 1. The van der Waals surface area contributed by atoms with Crippen LogP contribution in [0.5, 0.6) is 0 Å². The Morgan fingerprint density at radius 3 is 2.81 bits per heavy atom. The summed E-state index contributed by atoms with van der Waals surface area (Å²) in [6.45, 7) is 5.01. The highest BCUT2D eigenvalue weighted by atomic mass is 16.3. The van der Waals surface area contributed by atoms with E-state index in [4.69, 9.17) is 9.40 Å². The van der Waals surface area contributed by atoms with E-state index in [9.17, 15) is 0 Å². The van der Waals surface area contributed by atoms with Crippen LogP contribution in [0.25, 0.3) is 11.0 Å². The van der Waals surface area contributed by atoms with E-state index in [-0.39, 0.29) is 6.04 Å². The molecular formula is C17H21N3O. The van der Waals surface area contributed by atoms with Gasteiger partial charge >= 0.3 is 0 Å². The maximum atomic E-state index is 5.45. The minimum Gasteiger partial charge on any atom is -0.469 e. The lowest BCUT2D eigenvalue weighted by molar-refractivity contribution is 0.504. The van der Waals surface area contributed by atoms with Crippen molar-refractivity contribution >= 4 is 11.0 Å². The monoisotopic (exact) mass is 283 g/mol. The van der Waals surface area contributed by atoms with Crippen molar-refractivity contribution in [3.8, 4) is 0 Å². The fraction of sp³-hybridized carbons (Fsp3) is 0.353. The van der Waals surface area contributed by atoms with Crippen LogP contribution >= 0.6 is 0 Å². The zero-order chi connectivity index (χ0) is 14.8. The first-order chi connectivity index (χ1) is 10.2. The maximum Gasteiger partial charge on any atom is 0.111 e. The molecule has 4 nitrogen and oxygen atoms in total. The Morgan fingerprint density at radius 1 is 1.33 bits per heavy atom. The minimum absolute atomic E-state index is 0.225. The van der Waals surface area contributed by atoms with Crippen molar-refractivity contribution in [1.29, 1.82) is 0 Å². The normalized spacial score (nSPS) is 12.9. The molecule has 21 heavy (non-hydrogen) atoms. The molecule has 1 aromatic carbocycles. The van der Waals surface area contributed by atoms with Gasteiger partial charge in [-0.2, -0.15) is 0 Å². The average molecular weight is 283 g/mol. The van der Waals surface area contributed by atoms with Gasteiger partial charge in [0.2, 0.25) is 0 Å². The molecule has 0 bridgehead atoms. The lowest BCUT2D eigenvalue weighted by Crippen LogP contribution is -2.23. The molecule has 0 radical (unpaired) electrons. The third-order valence-corrected chi connectivity index (χ3v) is 3.87.